The Hall–Kier alpha value is -2.62. The highest BCUT2D eigenvalue weighted by Gasteiger charge is 2.27. The molecule has 10 heteroatoms. The fourth-order valence-corrected chi connectivity index (χ4v) is 2.41. The van der Waals surface area contributed by atoms with Gasteiger partial charge in [-0.25, -0.2) is 0 Å². The number of benzene rings is 1. The summed E-state index contributed by atoms with van der Waals surface area (Å²) in [4.78, 5) is 4.17. The second kappa shape index (κ2) is 11.3. The van der Waals surface area contributed by atoms with Gasteiger partial charge in [-0.1, -0.05) is 24.3 Å². The van der Waals surface area contributed by atoms with E-state index in [2.05, 4.69) is 30.6 Å². The Balaban J connectivity index is 1.62. The average Bonchev–Trinajstić information content (AvgIpc) is 3.17. The highest BCUT2D eigenvalue weighted by atomic mass is 19.4. The molecule has 2 N–H and O–H groups in total. The Labute approximate surface area is 162 Å². The van der Waals surface area contributed by atoms with Crippen molar-refractivity contribution in [3.05, 3.63) is 48.0 Å². The van der Waals surface area contributed by atoms with Crippen LogP contribution in [0.5, 0.6) is 0 Å². The van der Waals surface area contributed by atoms with Crippen molar-refractivity contribution in [2.24, 2.45) is 4.99 Å². The van der Waals surface area contributed by atoms with Crippen molar-refractivity contribution < 1.29 is 17.9 Å². The molecule has 1 aromatic carbocycles. The standard InChI is InChI=1S/C18H25F3N6O/c1-22-17(23-8-2-3-9-27-13-25-26-14-27)24-10-15-4-6-16(7-5-15)11-28-12-18(19,20)21/h4-7,13-14H,2-3,8-12H2,1H3,(H2,22,23,24). The van der Waals surface area contributed by atoms with Gasteiger partial charge in [0.25, 0.3) is 0 Å². The number of alkyl halides is 3. The first-order chi connectivity index (χ1) is 13.5. The van der Waals surface area contributed by atoms with Gasteiger partial charge in [-0.3, -0.25) is 4.99 Å². The van der Waals surface area contributed by atoms with Crippen LogP contribution in [-0.2, 0) is 24.4 Å². The van der Waals surface area contributed by atoms with Crippen LogP contribution in [0.3, 0.4) is 0 Å². The van der Waals surface area contributed by atoms with Gasteiger partial charge in [-0.2, -0.15) is 13.2 Å². The van der Waals surface area contributed by atoms with E-state index in [0.717, 1.165) is 31.5 Å². The largest absolute Gasteiger partial charge is 0.411 e. The molecule has 0 saturated heterocycles. The third kappa shape index (κ3) is 8.85. The van der Waals surface area contributed by atoms with Crippen molar-refractivity contribution in [3.63, 3.8) is 0 Å². The number of hydrogen-bond donors (Lipinski definition) is 2. The minimum atomic E-state index is -4.30. The number of halogens is 3. The molecule has 28 heavy (non-hydrogen) atoms. The summed E-state index contributed by atoms with van der Waals surface area (Å²) in [5.41, 5.74) is 1.69. The van der Waals surface area contributed by atoms with Crippen molar-refractivity contribution in [1.82, 2.24) is 25.4 Å². The normalized spacial score (nSPS) is 12.2. The SMILES string of the molecule is CN=C(NCCCCn1cnnc1)NCc1ccc(COCC(F)(F)F)cc1. The third-order valence-electron chi connectivity index (χ3n) is 3.84. The number of nitrogens with one attached hydrogen (secondary N) is 2. The maximum Gasteiger partial charge on any atom is 0.411 e. The van der Waals surface area contributed by atoms with E-state index in [0.29, 0.717) is 18.1 Å². The second-order valence-electron chi connectivity index (χ2n) is 6.18. The number of unbranched alkanes of at least 4 members (excludes halogenated alkanes) is 1. The van der Waals surface area contributed by atoms with Crippen LogP contribution in [0.25, 0.3) is 0 Å². The molecule has 0 fully saturated rings. The molecular formula is C18H25F3N6O. The maximum atomic E-state index is 12.1. The van der Waals surface area contributed by atoms with Gasteiger partial charge in [0.05, 0.1) is 6.61 Å². The number of rotatable bonds is 10. The van der Waals surface area contributed by atoms with Crippen LogP contribution in [0.4, 0.5) is 13.2 Å². The number of hydrogen-bond acceptors (Lipinski definition) is 4. The molecule has 2 aromatic rings. The van der Waals surface area contributed by atoms with Gasteiger partial charge in [0.15, 0.2) is 5.96 Å². The lowest BCUT2D eigenvalue weighted by atomic mass is 10.1. The molecule has 1 heterocycles. The molecule has 0 bridgehead atoms. The van der Waals surface area contributed by atoms with E-state index < -0.39 is 12.8 Å². The number of aryl methyl sites for hydroxylation is 1. The van der Waals surface area contributed by atoms with Crippen molar-refractivity contribution in [2.75, 3.05) is 20.2 Å². The average molecular weight is 398 g/mol. The molecular weight excluding hydrogens is 373 g/mol. The fourth-order valence-electron chi connectivity index (χ4n) is 2.41. The first-order valence-corrected chi connectivity index (χ1v) is 8.95. The Morgan fingerprint density at radius 2 is 1.75 bits per heavy atom. The summed E-state index contributed by atoms with van der Waals surface area (Å²) in [6.07, 6.45) is 1.07. The minimum absolute atomic E-state index is 0.0639. The fraction of sp³-hybridized carbons (Fsp3) is 0.500. The summed E-state index contributed by atoms with van der Waals surface area (Å²) in [5, 5.41) is 14.0. The highest BCUT2D eigenvalue weighted by molar-refractivity contribution is 5.79. The van der Waals surface area contributed by atoms with Crippen molar-refractivity contribution >= 4 is 5.96 Å². The molecule has 2 rings (SSSR count). The van der Waals surface area contributed by atoms with Crippen LogP contribution in [0.2, 0.25) is 0 Å². The number of nitrogens with zero attached hydrogens (tertiary/aromatic N) is 4. The molecule has 7 nitrogen and oxygen atoms in total. The lowest BCUT2D eigenvalue weighted by molar-refractivity contribution is -0.176. The van der Waals surface area contributed by atoms with E-state index in [1.807, 2.05) is 16.7 Å². The number of aliphatic imine (C=N–C) groups is 1. The Bertz CT molecular complexity index is 701. The van der Waals surface area contributed by atoms with E-state index in [1.54, 1.807) is 31.8 Å². The second-order valence-corrected chi connectivity index (χ2v) is 6.18. The number of ether oxygens (including phenoxy) is 1. The van der Waals surface area contributed by atoms with E-state index >= 15 is 0 Å². The summed E-state index contributed by atoms with van der Waals surface area (Å²) >= 11 is 0. The van der Waals surface area contributed by atoms with Crippen molar-refractivity contribution in [2.45, 2.75) is 38.7 Å². The van der Waals surface area contributed by atoms with Gasteiger partial charge >= 0.3 is 6.18 Å². The first-order valence-electron chi connectivity index (χ1n) is 8.95. The van der Waals surface area contributed by atoms with Gasteiger partial charge in [-0.15, -0.1) is 10.2 Å². The quantitative estimate of drug-likeness (QED) is 0.365. The van der Waals surface area contributed by atoms with Crippen LogP contribution < -0.4 is 10.6 Å². The van der Waals surface area contributed by atoms with Gasteiger partial charge in [0, 0.05) is 26.7 Å². The third-order valence-corrected chi connectivity index (χ3v) is 3.84. The van der Waals surface area contributed by atoms with E-state index in [4.69, 9.17) is 0 Å². The van der Waals surface area contributed by atoms with Crippen molar-refractivity contribution in [1.29, 1.82) is 0 Å². The monoisotopic (exact) mass is 398 g/mol. The van der Waals surface area contributed by atoms with Gasteiger partial charge < -0.3 is 19.9 Å². The Morgan fingerprint density at radius 1 is 1.07 bits per heavy atom. The number of guanidine groups is 1. The summed E-state index contributed by atoms with van der Waals surface area (Å²) in [6, 6.07) is 7.22. The first kappa shape index (κ1) is 21.7. The molecule has 0 amide bonds. The Morgan fingerprint density at radius 3 is 2.39 bits per heavy atom. The predicted molar refractivity (Wildman–Crippen MR) is 99.6 cm³/mol. The van der Waals surface area contributed by atoms with E-state index in [9.17, 15) is 13.2 Å². The van der Waals surface area contributed by atoms with Gasteiger partial charge in [0.2, 0.25) is 0 Å². The van der Waals surface area contributed by atoms with Crippen LogP contribution in [0.15, 0.2) is 41.9 Å². The molecule has 0 aliphatic heterocycles. The molecule has 154 valence electrons. The molecule has 0 saturated carbocycles. The van der Waals surface area contributed by atoms with Gasteiger partial charge in [-0.05, 0) is 24.0 Å². The topological polar surface area (TPSA) is 76.4 Å². The molecule has 0 atom stereocenters. The summed E-state index contributed by atoms with van der Waals surface area (Å²) in [5.74, 6) is 0.696. The van der Waals surface area contributed by atoms with Crippen LogP contribution in [0.1, 0.15) is 24.0 Å². The van der Waals surface area contributed by atoms with Gasteiger partial charge in [0.1, 0.15) is 19.3 Å². The molecule has 1 aromatic heterocycles. The van der Waals surface area contributed by atoms with Crippen LogP contribution in [-0.4, -0.2) is 47.1 Å². The molecule has 0 spiro atoms. The molecule has 0 unspecified atom stereocenters. The lowest BCUT2D eigenvalue weighted by Gasteiger charge is -2.12. The van der Waals surface area contributed by atoms with Crippen LogP contribution in [0, 0.1) is 0 Å². The summed E-state index contributed by atoms with van der Waals surface area (Å²) < 4.78 is 42.8. The zero-order chi connectivity index (χ0) is 20.2. The summed E-state index contributed by atoms with van der Waals surface area (Å²) in [7, 11) is 1.70. The molecule has 0 radical (unpaired) electrons. The van der Waals surface area contributed by atoms with Crippen LogP contribution >= 0.6 is 0 Å². The van der Waals surface area contributed by atoms with E-state index in [1.165, 1.54) is 0 Å². The predicted octanol–water partition coefficient (Wildman–Crippen LogP) is 2.50. The maximum absolute atomic E-state index is 12.1. The highest BCUT2D eigenvalue weighted by Crippen LogP contribution is 2.15. The number of aromatic nitrogens is 3. The minimum Gasteiger partial charge on any atom is -0.367 e. The lowest BCUT2D eigenvalue weighted by Crippen LogP contribution is -2.37. The smallest absolute Gasteiger partial charge is 0.367 e. The Kier molecular flexibility index (Phi) is 8.73. The zero-order valence-corrected chi connectivity index (χ0v) is 15.7. The van der Waals surface area contributed by atoms with E-state index in [-0.39, 0.29) is 6.61 Å². The zero-order valence-electron chi connectivity index (χ0n) is 15.7. The summed E-state index contributed by atoms with van der Waals surface area (Å²) in [6.45, 7) is 0.921. The molecule has 0 aliphatic carbocycles. The molecule has 0 aliphatic rings. The van der Waals surface area contributed by atoms with Crippen molar-refractivity contribution in [3.8, 4) is 0 Å².